The van der Waals surface area contributed by atoms with Gasteiger partial charge in [-0.05, 0) is 25.7 Å². The highest BCUT2D eigenvalue weighted by Gasteiger charge is 2.40. The number of hydrogen-bond donors (Lipinski definition) is 2. The molecular formula is C12H20N2O4. The topological polar surface area (TPSA) is 78.9 Å². The summed E-state index contributed by atoms with van der Waals surface area (Å²) in [6, 6.07) is -1.14. The van der Waals surface area contributed by atoms with E-state index in [1.807, 2.05) is 6.92 Å². The largest absolute Gasteiger partial charge is 0.480 e. The lowest BCUT2D eigenvalue weighted by atomic mass is 9.75. The fourth-order valence-electron chi connectivity index (χ4n) is 2.52. The van der Waals surface area contributed by atoms with Crippen molar-refractivity contribution in [2.45, 2.75) is 44.2 Å². The van der Waals surface area contributed by atoms with Crippen LogP contribution in [-0.4, -0.2) is 53.3 Å². The second-order valence-electron chi connectivity index (χ2n) is 5.04. The Morgan fingerprint density at radius 1 is 1.50 bits per heavy atom. The average Bonchev–Trinajstić information content (AvgIpc) is 2.33. The van der Waals surface area contributed by atoms with Gasteiger partial charge in [0.05, 0.1) is 13.2 Å². The highest BCUT2D eigenvalue weighted by Crippen LogP contribution is 2.34. The number of amides is 2. The molecule has 2 rings (SSSR count). The number of carbonyl (C=O) groups is 2. The monoisotopic (exact) mass is 256 g/mol. The lowest BCUT2D eigenvalue weighted by Crippen LogP contribution is -2.61. The Bertz CT molecular complexity index is 335. The molecular weight excluding hydrogens is 236 g/mol. The van der Waals surface area contributed by atoms with Gasteiger partial charge in [0.2, 0.25) is 0 Å². The van der Waals surface area contributed by atoms with Crippen molar-refractivity contribution in [3.05, 3.63) is 0 Å². The lowest BCUT2D eigenvalue weighted by molar-refractivity contribution is -0.147. The van der Waals surface area contributed by atoms with Crippen LogP contribution in [0.15, 0.2) is 0 Å². The van der Waals surface area contributed by atoms with E-state index >= 15 is 0 Å². The van der Waals surface area contributed by atoms with E-state index in [4.69, 9.17) is 9.84 Å². The molecule has 2 aliphatic rings. The standard InChI is InChI=1S/C12H20N2O4/c1-2-12(4-3-5-12)13-11(17)14-6-7-18-8-9(14)10(15)16/h9H,2-8H2,1H3,(H,13,17)(H,15,16). The Morgan fingerprint density at radius 2 is 2.22 bits per heavy atom. The Hall–Kier alpha value is -1.30. The molecule has 0 bridgehead atoms. The van der Waals surface area contributed by atoms with Gasteiger partial charge < -0.3 is 20.1 Å². The molecule has 0 radical (unpaired) electrons. The fraction of sp³-hybridized carbons (Fsp3) is 0.833. The molecule has 102 valence electrons. The van der Waals surface area contributed by atoms with E-state index in [1.165, 1.54) is 4.90 Å². The van der Waals surface area contributed by atoms with Crippen molar-refractivity contribution in [2.24, 2.45) is 0 Å². The Morgan fingerprint density at radius 3 is 2.72 bits per heavy atom. The predicted molar refractivity (Wildman–Crippen MR) is 64.4 cm³/mol. The number of carboxylic acid groups (broad SMARTS) is 1. The molecule has 0 aromatic heterocycles. The predicted octanol–water partition coefficient (Wildman–Crippen LogP) is 0.814. The molecule has 1 saturated carbocycles. The van der Waals surface area contributed by atoms with Gasteiger partial charge >= 0.3 is 12.0 Å². The summed E-state index contributed by atoms with van der Waals surface area (Å²) in [4.78, 5) is 24.6. The molecule has 1 atom stereocenters. The minimum absolute atomic E-state index is 0.0713. The maximum Gasteiger partial charge on any atom is 0.328 e. The maximum absolute atomic E-state index is 12.2. The van der Waals surface area contributed by atoms with Gasteiger partial charge in [0.1, 0.15) is 0 Å². The number of carbonyl (C=O) groups excluding carboxylic acids is 1. The van der Waals surface area contributed by atoms with Gasteiger partial charge in [0.25, 0.3) is 0 Å². The summed E-state index contributed by atoms with van der Waals surface area (Å²) >= 11 is 0. The van der Waals surface area contributed by atoms with Gasteiger partial charge in [-0.3, -0.25) is 0 Å². The van der Waals surface area contributed by atoms with Gasteiger partial charge in [0.15, 0.2) is 6.04 Å². The highest BCUT2D eigenvalue weighted by molar-refractivity contribution is 5.83. The zero-order valence-electron chi connectivity index (χ0n) is 10.6. The van der Waals surface area contributed by atoms with Crippen molar-refractivity contribution in [3.63, 3.8) is 0 Å². The van der Waals surface area contributed by atoms with Gasteiger partial charge in [0, 0.05) is 12.1 Å². The summed E-state index contributed by atoms with van der Waals surface area (Å²) in [5.41, 5.74) is -0.113. The van der Waals surface area contributed by atoms with E-state index in [-0.39, 0.29) is 18.2 Å². The quantitative estimate of drug-likeness (QED) is 0.783. The second-order valence-corrected chi connectivity index (χ2v) is 5.04. The van der Waals surface area contributed by atoms with Crippen LogP contribution in [0.25, 0.3) is 0 Å². The molecule has 2 N–H and O–H groups in total. The first-order valence-electron chi connectivity index (χ1n) is 6.47. The Kier molecular flexibility index (Phi) is 3.75. The summed E-state index contributed by atoms with van der Waals surface area (Å²) < 4.78 is 5.12. The number of nitrogens with zero attached hydrogens (tertiary/aromatic N) is 1. The normalized spacial score (nSPS) is 26.3. The van der Waals surface area contributed by atoms with Crippen LogP contribution >= 0.6 is 0 Å². The zero-order valence-corrected chi connectivity index (χ0v) is 10.6. The summed E-state index contributed by atoms with van der Waals surface area (Å²) in [5.74, 6) is -1.01. The van der Waals surface area contributed by atoms with Crippen LogP contribution in [0.2, 0.25) is 0 Å². The van der Waals surface area contributed by atoms with Crippen LogP contribution in [0.3, 0.4) is 0 Å². The van der Waals surface area contributed by atoms with Gasteiger partial charge in [-0.25, -0.2) is 9.59 Å². The average molecular weight is 256 g/mol. The van der Waals surface area contributed by atoms with Crippen LogP contribution in [0.4, 0.5) is 4.79 Å². The number of morpholine rings is 1. The van der Waals surface area contributed by atoms with E-state index in [9.17, 15) is 9.59 Å². The highest BCUT2D eigenvalue weighted by atomic mass is 16.5. The van der Waals surface area contributed by atoms with E-state index < -0.39 is 12.0 Å². The number of urea groups is 1. The van der Waals surface area contributed by atoms with Crippen LogP contribution in [0, 0.1) is 0 Å². The van der Waals surface area contributed by atoms with Crippen molar-refractivity contribution in [1.29, 1.82) is 0 Å². The number of ether oxygens (including phenoxy) is 1. The minimum atomic E-state index is -1.01. The smallest absolute Gasteiger partial charge is 0.328 e. The Balaban J connectivity index is 2.00. The molecule has 0 spiro atoms. The molecule has 18 heavy (non-hydrogen) atoms. The van der Waals surface area contributed by atoms with Crippen LogP contribution in [-0.2, 0) is 9.53 Å². The molecule has 2 fully saturated rings. The van der Waals surface area contributed by atoms with Gasteiger partial charge in [-0.15, -0.1) is 0 Å². The van der Waals surface area contributed by atoms with Crippen LogP contribution < -0.4 is 5.32 Å². The van der Waals surface area contributed by atoms with E-state index in [0.29, 0.717) is 13.2 Å². The maximum atomic E-state index is 12.2. The SMILES string of the molecule is CCC1(NC(=O)N2CCOCC2C(=O)O)CCC1. The molecule has 1 aliphatic carbocycles. The third-order valence-corrected chi connectivity index (χ3v) is 4.03. The molecule has 0 aromatic rings. The van der Waals surface area contributed by atoms with Crippen molar-refractivity contribution < 1.29 is 19.4 Å². The third-order valence-electron chi connectivity index (χ3n) is 4.03. The molecule has 6 heteroatoms. The summed E-state index contributed by atoms with van der Waals surface area (Å²) in [6.07, 6.45) is 3.98. The number of rotatable bonds is 3. The van der Waals surface area contributed by atoms with Crippen molar-refractivity contribution in [1.82, 2.24) is 10.2 Å². The summed E-state index contributed by atoms with van der Waals surface area (Å²) in [5, 5.41) is 12.1. The molecule has 2 amide bonds. The summed E-state index contributed by atoms with van der Waals surface area (Å²) in [6.45, 7) is 2.86. The molecule has 1 heterocycles. The number of carboxylic acids is 1. The van der Waals surface area contributed by atoms with Crippen molar-refractivity contribution in [2.75, 3.05) is 19.8 Å². The molecule has 1 unspecified atom stereocenters. The first-order valence-corrected chi connectivity index (χ1v) is 6.47. The molecule has 6 nitrogen and oxygen atoms in total. The number of nitrogens with one attached hydrogen (secondary N) is 1. The fourth-order valence-corrected chi connectivity index (χ4v) is 2.52. The van der Waals surface area contributed by atoms with Crippen LogP contribution in [0.5, 0.6) is 0 Å². The molecule has 1 saturated heterocycles. The zero-order chi connectivity index (χ0) is 13.2. The van der Waals surface area contributed by atoms with E-state index in [1.54, 1.807) is 0 Å². The lowest BCUT2D eigenvalue weighted by Gasteiger charge is -2.44. The van der Waals surface area contributed by atoms with E-state index in [2.05, 4.69) is 5.32 Å². The number of aliphatic carboxylic acids is 1. The first kappa shape index (κ1) is 13.1. The van der Waals surface area contributed by atoms with Gasteiger partial charge in [-0.2, -0.15) is 0 Å². The van der Waals surface area contributed by atoms with Crippen molar-refractivity contribution in [3.8, 4) is 0 Å². The third kappa shape index (κ3) is 2.43. The summed E-state index contributed by atoms with van der Waals surface area (Å²) in [7, 11) is 0. The minimum Gasteiger partial charge on any atom is -0.480 e. The van der Waals surface area contributed by atoms with Crippen LogP contribution in [0.1, 0.15) is 32.6 Å². The van der Waals surface area contributed by atoms with Gasteiger partial charge in [-0.1, -0.05) is 6.92 Å². The first-order chi connectivity index (χ1) is 8.58. The second kappa shape index (κ2) is 5.14. The Labute approximate surface area is 106 Å². The van der Waals surface area contributed by atoms with Crippen molar-refractivity contribution >= 4 is 12.0 Å². The van der Waals surface area contributed by atoms with E-state index in [0.717, 1.165) is 25.7 Å². The molecule has 0 aromatic carbocycles. The number of hydrogen-bond acceptors (Lipinski definition) is 3. The molecule has 1 aliphatic heterocycles.